The molecule has 1 aliphatic rings. The fourth-order valence-electron chi connectivity index (χ4n) is 1.95. The highest BCUT2D eigenvalue weighted by Crippen LogP contribution is 2.20. The van der Waals surface area contributed by atoms with Gasteiger partial charge in [-0.1, -0.05) is 0 Å². The summed E-state index contributed by atoms with van der Waals surface area (Å²) in [4.78, 5) is 0. The molecular formula is C10H21NO2S. The summed E-state index contributed by atoms with van der Waals surface area (Å²) in [5.41, 5.74) is 0. The molecule has 1 N–H and O–H groups in total. The lowest BCUT2D eigenvalue weighted by Crippen LogP contribution is -2.38. The molecule has 0 radical (unpaired) electrons. The Morgan fingerprint density at radius 3 is 2.93 bits per heavy atom. The van der Waals surface area contributed by atoms with Gasteiger partial charge in [-0.05, 0) is 25.7 Å². The molecule has 3 nitrogen and oxygen atoms in total. The molecule has 0 aliphatic heterocycles. The van der Waals surface area contributed by atoms with E-state index in [9.17, 15) is 4.21 Å². The van der Waals surface area contributed by atoms with Crippen molar-refractivity contribution in [3.63, 3.8) is 0 Å². The first kappa shape index (κ1) is 12.1. The van der Waals surface area contributed by atoms with E-state index in [4.69, 9.17) is 4.74 Å². The third kappa shape index (κ3) is 4.53. The van der Waals surface area contributed by atoms with Crippen molar-refractivity contribution in [2.24, 2.45) is 0 Å². The lowest BCUT2D eigenvalue weighted by molar-refractivity contribution is 0.0592. The summed E-state index contributed by atoms with van der Waals surface area (Å²) in [5, 5.41) is 3.44. The Bertz CT molecular complexity index is 187. The van der Waals surface area contributed by atoms with Gasteiger partial charge in [-0.2, -0.15) is 0 Å². The van der Waals surface area contributed by atoms with Gasteiger partial charge in [0.25, 0.3) is 0 Å². The van der Waals surface area contributed by atoms with Crippen molar-refractivity contribution < 1.29 is 8.95 Å². The van der Waals surface area contributed by atoms with E-state index in [0.717, 1.165) is 18.7 Å². The molecule has 84 valence electrons. The minimum absolute atomic E-state index is 0.424. The van der Waals surface area contributed by atoms with Crippen LogP contribution in [0.1, 0.15) is 25.7 Å². The number of hydrogen-bond acceptors (Lipinski definition) is 3. The van der Waals surface area contributed by atoms with Crippen LogP contribution in [0.5, 0.6) is 0 Å². The molecule has 1 saturated carbocycles. The van der Waals surface area contributed by atoms with Gasteiger partial charge in [-0.15, -0.1) is 0 Å². The van der Waals surface area contributed by atoms with Crippen LogP contribution in [0.15, 0.2) is 0 Å². The van der Waals surface area contributed by atoms with Crippen LogP contribution in [-0.4, -0.2) is 42.0 Å². The van der Waals surface area contributed by atoms with Gasteiger partial charge in [0.1, 0.15) is 0 Å². The van der Waals surface area contributed by atoms with Crippen molar-refractivity contribution in [1.29, 1.82) is 0 Å². The van der Waals surface area contributed by atoms with Crippen molar-refractivity contribution in [3.8, 4) is 0 Å². The standard InChI is InChI=1S/C10H21NO2S/c1-13-10-5-3-4-9(8-10)11-6-7-14(2)12/h9-11H,3-8H2,1-2H3. The van der Waals surface area contributed by atoms with Gasteiger partial charge in [0.2, 0.25) is 0 Å². The van der Waals surface area contributed by atoms with Crippen LogP contribution < -0.4 is 5.32 Å². The Kier molecular flexibility index (Phi) is 5.67. The summed E-state index contributed by atoms with van der Waals surface area (Å²) >= 11 is 0. The summed E-state index contributed by atoms with van der Waals surface area (Å²) in [5.74, 6) is 0.758. The van der Waals surface area contributed by atoms with E-state index < -0.39 is 10.8 Å². The normalized spacial score (nSPS) is 30.1. The van der Waals surface area contributed by atoms with Crippen molar-refractivity contribution in [2.75, 3.05) is 25.7 Å². The van der Waals surface area contributed by atoms with E-state index >= 15 is 0 Å². The number of rotatable bonds is 5. The first-order chi connectivity index (χ1) is 6.72. The van der Waals surface area contributed by atoms with E-state index in [-0.39, 0.29) is 0 Å². The van der Waals surface area contributed by atoms with Crippen molar-refractivity contribution in [3.05, 3.63) is 0 Å². The Morgan fingerprint density at radius 2 is 2.29 bits per heavy atom. The van der Waals surface area contributed by atoms with E-state index in [1.54, 1.807) is 13.4 Å². The molecule has 0 bridgehead atoms. The predicted molar refractivity (Wildman–Crippen MR) is 60.0 cm³/mol. The molecule has 0 aromatic carbocycles. The van der Waals surface area contributed by atoms with Gasteiger partial charge in [0, 0.05) is 42.5 Å². The molecular weight excluding hydrogens is 198 g/mol. The Hall–Kier alpha value is 0.0700. The minimum atomic E-state index is -0.674. The molecule has 0 aromatic heterocycles. The third-order valence-corrected chi connectivity index (χ3v) is 3.56. The maximum absolute atomic E-state index is 10.9. The molecule has 0 saturated heterocycles. The second kappa shape index (κ2) is 6.53. The largest absolute Gasteiger partial charge is 0.381 e. The van der Waals surface area contributed by atoms with Crippen LogP contribution in [-0.2, 0) is 15.5 Å². The second-order valence-electron chi connectivity index (χ2n) is 3.95. The number of nitrogens with one attached hydrogen (secondary N) is 1. The molecule has 0 heterocycles. The summed E-state index contributed by atoms with van der Waals surface area (Å²) < 4.78 is 16.2. The predicted octanol–water partition coefficient (Wildman–Crippen LogP) is 0.912. The lowest BCUT2D eigenvalue weighted by atomic mass is 9.93. The van der Waals surface area contributed by atoms with Crippen LogP contribution in [0.3, 0.4) is 0 Å². The highest BCUT2D eigenvalue weighted by atomic mass is 32.2. The van der Waals surface area contributed by atoms with Crippen molar-refractivity contribution in [2.45, 2.75) is 37.8 Å². The van der Waals surface area contributed by atoms with Crippen LogP contribution in [0.4, 0.5) is 0 Å². The zero-order valence-corrected chi connectivity index (χ0v) is 9.94. The Morgan fingerprint density at radius 1 is 1.50 bits per heavy atom. The maximum atomic E-state index is 10.9. The van der Waals surface area contributed by atoms with Gasteiger partial charge in [-0.3, -0.25) is 4.21 Å². The van der Waals surface area contributed by atoms with Crippen LogP contribution >= 0.6 is 0 Å². The van der Waals surface area contributed by atoms with Gasteiger partial charge in [0.05, 0.1) is 6.10 Å². The molecule has 0 aromatic rings. The lowest BCUT2D eigenvalue weighted by Gasteiger charge is -2.28. The Balaban J connectivity index is 2.14. The molecule has 1 rings (SSSR count). The van der Waals surface area contributed by atoms with Gasteiger partial charge in [0.15, 0.2) is 0 Å². The topological polar surface area (TPSA) is 38.3 Å². The SMILES string of the molecule is COC1CCCC(NCCS(C)=O)C1. The summed E-state index contributed by atoms with van der Waals surface area (Å²) in [6.45, 7) is 0.865. The van der Waals surface area contributed by atoms with Gasteiger partial charge >= 0.3 is 0 Å². The number of methoxy groups -OCH3 is 1. The molecule has 0 spiro atoms. The summed E-state index contributed by atoms with van der Waals surface area (Å²) in [6, 6.07) is 0.567. The van der Waals surface area contributed by atoms with Crippen molar-refractivity contribution >= 4 is 10.8 Å². The molecule has 4 heteroatoms. The first-order valence-electron chi connectivity index (χ1n) is 5.28. The summed E-state index contributed by atoms with van der Waals surface area (Å²) in [7, 11) is 1.11. The molecule has 14 heavy (non-hydrogen) atoms. The third-order valence-electron chi connectivity index (χ3n) is 2.78. The highest BCUT2D eigenvalue weighted by Gasteiger charge is 2.20. The van der Waals surface area contributed by atoms with E-state index in [1.165, 1.54) is 19.3 Å². The fraction of sp³-hybridized carbons (Fsp3) is 1.00. The quantitative estimate of drug-likeness (QED) is 0.747. The molecule has 0 amide bonds. The van der Waals surface area contributed by atoms with Gasteiger partial charge < -0.3 is 10.1 Å². The Labute approximate surface area is 89.1 Å². The number of hydrogen-bond donors (Lipinski definition) is 1. The van der Waals surface area contributed by atoms with Crippen molar-refractivity contribution in [1.82, 2.24) is 5.32 Å². The number of ether oxygens (including phenoxy) is 1. The first-order valence-corrected chi connectivity index (χ1v) is 7.01. The molecule has 3 atom stereocenters. The molecule has 3 unspecified atom stereocenters. The van der Waals surface area contributed by atoms with E-state index in [2.05, 4.69) is 5.32 Å². The van der Waals surface area contributed by atoms with Crippen LogP contribution in [0.25, 0.3) is 0 Å². The molecule has 1 fully saturated rings. The molecule has 1 aliphatic carbocycles. The van der Waals surface area contributed by atoms with Crippen LogP contribution in [0, 0.1) is 0 Å². The monoisotopic (exact) mass is 219 g/mol. The maximum Gasteiger partial charge on any atom is 0.0586 e. The zero-order valence-electron chi connectivity index (χ0n) is 9.12. The minimum Gasteiger partial charge on any atom is -0.381 e. The zero-order chi connectivity index (χ0) is 10.4. The highest BCUT2D eigenvalue weighted by molar-refractivity contribution is 7.84. The van der Waals surface area contributed by atoms with E-state index in [0.29, 0.717) is 12.1 Å². The average Bonchev–Trinajstić information content (AvgIpc) is 2.18. The average molecular weight is 219 g/mol. The summed E-state index contributed by atoms with van der Waals surface area (Å²) in [6.07, 6.45) is 6.94. The smallest absolute Gasteiger partial charge is 0.0586 e. The van der Waals surface area contributed by atoms with E-state index in [1.807, 2.05) is 0 Å². The van der Waals surface area contributed by atoms with Gasteiger partial charge in [-0.25, -0.2) is 0 Å². The second-order valence-corrected chi connectivity index (χ2v) is 5.51. The van der Waals surface area contributed by atoms with Crippen LogP contribution in [0.2, 0.25) is 0 Å². The fourth-order valence-corrected chi connectivity index (χ4v) is 2.36.